The summed E-state index contributed by atoms with van der Waals surface area (Å²) >= 11 is 1.48. The molecule has 7 heteroatoms. The van der Waals surface area contributed by atoms with Crippen LogP contribution in [0.25, 0.3) is 10.2 Å². The molecule has 0 aliphatic heterocycles. The lowest BCUT2D eigenvalue weighted by Crippen LogP contribution is -2.21. The number of hydrogen-bond donors (Lipinski definition) is 0. The number of hydrogen-bond acceptors (Lipinski definition) is 5. The quantitative estimate of drug-likeness (QED) is 0.815. The van der Waals surface area contributed by atoms with Crippen LogP contribution >= 0.6 is 22.0 Å². The zero-order valence-electron chi connectivity index (χ0n) is 10.1. The van der Waals surface area contributed by atoms with E-state index in [0.717, 1.165) is 28.4 Å². The Morgan fingerprint density at radius 2 is 2.00 bits per heavy atom. The highest BCUT2D eigenvalue weighted by atomic mass is 35.7. The molecule has 1 heterocycles. The van der Waals surface area contributed by atoms with Crippen molar-refractivity contribution < 1.29 is 8.42 Å². The summed E-state index contributed by atoms with van der Waals surface area (Å²) in [5.74, 6) is 0. The van der Waals surface area contributed by atoms with Gasteiger partial charge in [0.2, 0.25) is 0 Å². The van der Waals surface area contributed by atoms with E-state index < -0.39 is 9.05 Å². The van der Waals surface area contributed by atoms with Crippen molar-refractivity contribution in [2.45, 2.75) is 18.7 Å². The molecule has 2 rings (SSSR count). The maximum atomic E-state index is 11.3. The van der Waals surface area contributed by atoms with Crippen LogP contribution in [-0.2, 0) is 9.05 Å². The number of thiazole rings is 1. The van der Waals surface area contributed by atoms with Gasteiger partial charge in [-0.15, -0.1) is 0 Å². The van der Waals surface area contributed by atoms with Gasteiger partial charge in [0, 0.05) is 23.8 Å². The lowest BCUT2D eigenvalue weighted by atomic mass is 10.3. The van der Waals surface area contributed by atoms with Gasteiger partial charge in [-0.25, -0.2) is 13.4 Å². The number of halogens is 1. The highest BCUT2D eigenvalue weighted by Crippen LogP contribution is 2.31. The highest BCUT2D eigenvalue weighted by molar-refractivity contribution is 8.13. The van der Waals surface area contributed by atoms with Crippen LogP contribution in [-0.4, -0.2) is 26.5 Å². The molecule has 98 valence electrons. The van der Waals surface area contributed by atoms with Crippen LogP contribution in [0.5, 0.6) is 0 Å². The standard InChI is InChI=1S/C11H13ClN2O2S2/c1-3-14(4-2)11-13-9-6-5-8(18(12,15)16)7-10(9)17-11/h5-7H,3-4H2,1-2H3. The van der Waals surface area contributed by atoms with E-state index in [9.17, 15) is 8.42 Å². The Labute approximate surface area is 115 Å². The van der Waals surface area contributed by atoms with E-state index in [1.165, 1.54) is 17.4 Å². The summed E-state index contributed by atoms with van der Waals surface area (Å²) in [6.45, 7) is 5.86. The van der Waals surface area contributed by atoms with Crippen molar-refractivity contribution >= 4 is 46.4 Å². The molecular weight excluding hydrogens is 292 g/mol. The van der Waals surface area contributed by atoms with Gasteiger partial charge >= 0.3 is 0 Å². The number of benzene rings is 1. The fourth-order valence-corrected chi connectivity index (χ4v) is 3.66. The molecule has 2 aromatic rings. The Bertz CT molecular complexity index is 663. The minimum Gasteiger partial charge on any atom is -0.349 e. The van der Waals surface area contributed by atoms with Gasteiger partial charge in [-0.05, 0) is 32.0 Å². The van der Waals surface area contributed by atoms with Gasteiger partial charge in [-0.2, -0.15) is 0 Å². The van der Waals surface area contributed by atoms with Gasteiger partial charge in [-0.3, -0.25) is 0 Å². The molecule has 0 atom stereocenters. The molecule has 4 nitrogen and oxygen atoms in total. The van der Waals surface area contributed by atoms with E-state index in [1.807, 2.05) is 0 Å². The molecule has 0 N–H and O–H groups in total. The maximum Gasteiger partial charge on any atom is 0.261 e. The molecule has 0 saturated carbocycles. The molecule has 0 aliphatic carbocycles. The first-order chi connectivity index (χ1) is 8.45. The summed E-state index contributed by atoms with van der Waals surface area (Å²) in [4.78, 5) is 6.73. The topological polar surface area (TPSA) is 50.3 Å². The van der Waals surface area contributed by atoms with Gasteiger partial charge in [0.15, 0.2) is 5.13 Å². The second-order valence-corrected chi connectivity index (χ2v) is 7.31. The van der Waals surface area contributed by atoms with Gasteiger partial charge in [0.25, 0.3) is 9.05 Å². The Hall–Kier alpha value is -0.850. The van der Waals surface area contributed by atoms with Crippen LogP contribution in [0.2, 0.25) is 0 Å². The summed E-state index contributed by atoms with van der Waals surface area (Å²) in [6.07, 6.45) is 0. The fourth-order valence-electron chi connectivity index (χ4n) is 1.67. The largest absolute Gasteiger partial charge is 0.349 e. The minimum absolute atomic E-state index is 0.117. The van der Waals surface area contributed by atoms with Crippen molar-refractivity contribution in [3.63, 3.8) is 0 Å². The van der Waals surface area contributed by atoms with Gasteiger partial charge < -0.3 is 4.90 Å². The van der Waals surface area contributed by atoms with Crippen LogP contribution in [0.3, 0.4) is 0 Å². The molecule has 0 aliphatic rings. The second kappa shape index (κ2) is 5.03. The molecule has 18 heavy (non-hydrogen) atoms. The Kier molecular flexibility index (Phi) is 3.79. The van der Waals surface area contributed by atoms with Crippen LogP contribution < -0.4 is 4.90 Å². The zero-order valence-corrected chi connectivity index (χ0v) is 12.4. The minimum atomic E-state index is -3.68. The number of nitrogens with zero attached hydrogens (tertiary/aromatic N) is 2. The van der Waals surface area contributed by atoms with Crippen molar-refractivity contribution in [3.05, 3.63) is 18.2 Å². The lowest BCUT2D eigenvalue weighted by Gasteiger charge is -2.16. The van der Waals surface area contributed by atoms with Crippen LogP contribution in [0.1, 0.15) is 13.8 Å². The number of rotatable bonds is 4. The molecular formula is C11H13ClN2O2S2. The predicted octanol–water partition coefficient (Wildman–Crippen LogP) is 3.07. The number of anilines is 1. The third kappa shape index (κ3) is 2.60. The highest BCUT2D eigenvalue weighted by Gasteiger charge is 2.14. The molecule has 0 saturated heterocycles. The Morgan fingerprint density at radius 1 is 1.33 bits per heavy atom. The molecule has 0 unspecified atom stereocenters. The van der Waals surface area contributed by atoms with Crippen molar-refractivity contribution in [1.29, 1.82) is 0 Å². The van der Waals surface area contributed by atoms with Crippen molar-refractivity contribution in [2.75, 3.05) is 18.0 Å². The fraction of sp³-hybridized carbons (Fsp3) is 0.364. The first kappa shape index (κ1) is 13.6. The molecule has 0 spiro atoms. The third-order valence-electron chi connectivity index (χ3n) is 2.66. The van der Waals surface area contributed by atoms with Crippen molar-refractivity contribution in [3.8, 4) is 0 Å². The first-order valence-corrected chi connectivity index (χ1v) is 8.68. The summed E-state index contributed by atoms with van der Waals surface area (Å²) < 4.78 is 23.4. The molecule has 0 bridgehead atoms. The Morgan fingerprint density at radius 3 is 2.56 bits per heavy atom. The molecule has 0 radical (unpaired) electrons. The van der Waals surface area contributed by atoms with Crippen LogP contribution in [0, 0.1) is 0 Å². The van der Waals surface area contributed by atoms with Gasteiger partial charge in [0.05, 0.1) is 15.1 Å². The van der Waals surface area contributed by atoms with Crippen molar-refractivity contribution in [2.24, 2.45) is 0 Å². The lowest BCUT2D eigenvalue weighted by molar-refractivity contribution is 0.609. The van der Waals surface area contributed by atoms with Crippen molar-refractivity contribution in [1.82, 2.24) is 4.98 Å². The van der Waals surface area contributed by atoms with E-state index >= 15 is 0 Å². The molecule has 1 aromatic heterocycles. The zero-order chi connectivity index (χ0) is 13.3. The van der Waals surface area contributed by atoms with Gasteiger partial charge in [0.1, 0.15) is 0 Å². The Balaban J connectivity index is 2.52. The normalized spacial score (nSPS) is 11.9. The summed E-state index contributed by atoms with van der Waals surface area (Å²) in [6, 6.07) is 4.74. The van der Waals surface area contributed by atoms with Crippen LogP contribution in [0.4, 0.5) is 5.13 Å². The monoisotopic (exact) mass is 304 g/mol. The van der Waals surface area contributed by atoms with E-state index in [0.29, 0.717) is 0 Å². The SMILES string of the molecule is CCN(CC)c1nc2ccc(S(=O)(=O)Cl)cc2s1. The maximum absolute atomic E-state index is 11.3. The molecule has 1 aromatic carbocycles. The van der Waals surface area contributed by atoms with E-state index in [4.69, 9.17) is 10.7 Å². The first-order valence-electron chi connectivity index (χ1n) is 5.56. The summed E-state index contributed by atoms with van der Waals surface area (Å²) in [7, 11) is 1.65. The summed E-state index contributed by atoms with van der Waals surface area (Å²) in [5.41, 5.74) is 0.797. The average Bonchev–Trinajstić information content (AvgIpc) is 2.71. The van der Waals surface area contributed by atoms with E-state index in [1.54, 1.807) is 12.1 Å². The third-order valence-corrected chi connectivity index (χ3v) is 5.09. The van der Waals surface area contributed by atoms with E-state index in [2.05, 4.69) is 23.7 Å². The van der Waals surface area contributed by atoms with E-state index in [-0.39, 0.29) is 4.90 Å². The second-order valence-electron chi connectivity index (χ2n) is 3.74. The summed E-state index contributed by atoms with van der Waals surface area (Å²) in [5, 5.41) is 0.902. The predicted molar refractivity (Wildman–Crippen MR) is 76.2 cm³/mol. The number of fused-ring (bicyclic) bond motifs is 1. The molecule has 0 fully saturated rings. The molecule has 0 amide bonds. The smallest absolute Gasteiger partial charge is 0.261 e. The number of aromatic nitrogens is 1. The average molecular weight is 305 g/mol. The van der Waals surface area contributed by atoms with Gasteiger partial charge in [-0.1, -0.05) is 11.3 Å². The van der Waals surface area contributed by atoms with Crippen LogP contribution in [0.15, 0.2) is 23.1 Å².